The molecule has 1 N–H and O–H groups in total. The van der Waals surface area contributed by atoms with Gasteiger partial charge in [-0.3, -0.25) is 9.79 Å². The predicted molar refractivity (Wildman–Crippen MR) is 42.6 cm³/mol. The van der Waals surface area contributed by atoms with E-state index in [1.807, 2.05) is 12.2 Å². The fraction of sp³-hybridized carbons (Fsp3) is 0.250. The molecule has 1 aliphatic rings. The maximum Gasteiger partial charge on any atom is 0.303 e. The van der Waals surface area contributed by atoms with E-state index < -0.39 is 5.97 Å². The Balaban J connectivity index is 2.30. The summed E-state index contributed by atoms with van der Waals surface area (Å²) in [5.41, 5.74) is 0.992. The van der Waals surface area contributed by atoms with Gasteiger partial charge in [-0.2, -0.15) is 0 Å². The summed E-state index contributed by atoms with van der Waals surface area (Å²) in [6, 6.07) is 0. The fourth-order valence-electron chi connectivity index (χ4n) is 0.784. The molecule has 1 aliphatic heterocycles. The quantitative estimate of drug-likeness (QED) is 0.662. The lowest BCUT2D eigenvalue weighted by molar-refractivity contribution is -0.136. The van der Waals surface area contributed by atoms with E-state index in [2.05, 4.69) is 4.99 Å². The van der Waals surface area contributed by atoms with Crippen molar-refractivity contribution < 1.29 is 9.90 Å². The van der Waals surface area contributed by atoms with Crippen molar-refractivity contribution in [3.63, 3.8) is 0 Å². The van der Waals surface area contributed by atoms with Crippen molar-refractivity contribution in [2.45, 2.75) is 12.8 Å². The van der Waals surface area contributed by atoms with Gasteiger partial charge in [-0.25, -0.2) is 0 Å². The molecule has 0 unspecified atom stereocenters. The van der Waals surface area contributed by atoms with Crippen LogP contribution in [-0.2, 0) is 4.79 Å². The summed E-state index contributed by atoms with van der Waals surface area (Å²) in [5.74, 6) is -0.763. The van der Waals surface area contributed by atoms with E-state index in [-0.39, 0.29) is 6.42 Å². The summed E-state index contributed by atoms with van der Waals surface area (Å²) in [6.45, 7) is 0. The molecule has 0 saturated heterocycles. The molecular weight excluding hydrogens is 142 g/mol. The maximum atomic E-state index is 10.1. The van der Waals surface area contributed by atoms with Crippen LogP contribution in [0.4, 0.5) is 0 Å². The van der Waals surface area contributed by atoms with Crippen LogP contribution >= 0.6 is 0 Å². The van der Waals surface area contributed by atoms with E-state index in [0.717, 1.165) is 5.57 Å². The second kappa shape index (κ2) is 3.71. The largest absolute Gasteiger partial charge is 0.481 e. The number of nitrogens with zero attached hydrogens (tertiary/aromatic N) is 1. The molecule has 0 radical (unpaired) electrons. The van der Waals surface area contributed by atoms with Gasteiger partial charge in [0, 0.05) is 18.8 Å². The summed E-state index contributed by atoms with van der Waals surface area (Å²) in [5, 5.41) is 8.31. The van der Waals surface area contributed by atoms with Crippen LogP contribution in [0.3, 0.4) is 0 Å². The summed E-state index contributed by atoms with van der Waals surface area (Å²) >= 11 is 0. The van der Waals surface area contributed by atoms with Crippen LogP contribution in [0.25, 0.3) is 0 Å². The first-order valence-electron chi connectivity index (χ1n) is 3.41. The van der Waals surface area contributed by atoms with Gasteiger partial charge in [0.1, 0.15) is 0 Å². The first-order valence-corrected chi connectivity index (χ1v) is 3.41. The molecule has 58 valence electrons. The molecule has 0 bridgehead atoms. The molecule has 0 atom stereocenters. The molecule has 3 heteroatoms. The molecule has 0 aromatic carbocycles. The lowest BCUT2D eigenvalue weighted by atomic mass is 10.2. The zero-order valence-corrected chi connectivity index (χ0v) is 6.03. The Morgan fingerprint density at radius 1 is 1.73 bits per heavy atom. The number of aliphatic imine (C=N–C) groups is 1. The Hall–Kier alpha value is -1.38. The van der Waals surface area contributed by atoms with E-state index in [9.17, 15) is 4.79 Å². The SMILES string of the molecule is O=C(O)CCC=C1C=CN=C1. The van der Waals surface area contributed by atoms with Gasteiger partial charge < -0.3 is 5.11 Å². The number of hydrogen-bond acceptors (Lipinski definition) is 2. The second-order valence-electron chi connectivity index (χ2n) is 2.23. The number of rotatable bonds is 3. The Morgan fingerprint density at radius 3 is 3.09 bits per heavy atom. The first kappa shape index (κ1) is 7.72. The van der Waals surface area contributed by atoms with Gasteiger partial charge in [-0.05, 0) is 18.1 Å². The van der Waals surface area contributed by atoms with E-state index >= 15 is 0 Å². The van der Waals surface area contributed by atoms with Gasteiger partial charge in [0.2, 0.25) is 0 Å². The number of hydrogen-bond donors (Lipinski definition) is 1. The van der Waals surface area contributed by atoms with Crippen molar-refractivity contribution in [2.24, 2.45) is 4.99 Å². The Morgan fingerprint density at radius 2 is 2.55 bits per heavy atom. The van der Waals surface area contributed by atoms with Crippen LogP contribution in [-0.4, -0.2) is 17.3 Å². The summed E-state index contributed by atoms with van der Waals surface area (Å²) in [6.07, 6.45) is 7.86. The Bertz CT molecular complexity index is 224. The van der Waals surface area contributed by atoms with Crippen LogP contribution in [0.15, 0.2) is 28.9 Å². The van der Waals surface area contributed by atoms with Crippen molar-refractivity contribution in [3.8, 4) is 0 Å². The van der Waals surface area contributed by atoms with Crippen molar-refractivity contribution >= 4 is 12.2 Å². The average Bonchev–Trinajstić information content (AvgIpc) is 2.39. The fourth-order valence-corrected chi connectivity index (χ4v) is 0.784. The third-order valence-corrected chi connectivity index (χ3v) is 1.31. The highest BCUT2D eigenvalue weighted by Crippen LogP contribution is 2.03. The number of carboxylic acid groups (broad SMARTS) is 1. The highest BCUT2D eigenvalue weighted by Gasteiger charge is 1.95. The van der Waals surface area contributed by atoms with Crippen LogP contribution in [0, 0.1) is 0 Å². The normalized spacial score (nSPS) is 18.0. The first-order chi connectivity index (χ1) is 5.29. The summed E-state index contributed by atoms with van der Waals surface area (Å²) in [7, 11) is 0. The minimum atomic E-state index is -0.763. The maximum absolute atomic E-state index is 10.1. The predicted octanol–water partition coefficient (Wildman–Crippen LogP) is 1.38. The van der Waals surface area contributed by atoms with Crippen LogP contribution in [0.1, 0.15) is 12.8 Å². The highest BCUT2D eigenvalue weighted by atomic mass is 16.4. The third-order valence-electron chi connectivity index (χ3n) is 1.31. The van der Waals surface area contributed by atoms with Crippen molar-refractivity contribution in [1.29, 1.82) is 0 Å². The number of carbonyl (C=O) groups is 1. The topological polar surface area (TPSA) is 49.7 Å². The van der Waals surface area contributed by atoms with Crippen LogP contribution in [0.5, 0.6) is 0 Å². The molecule has 11 heavy (non-hydrogen) atoms. The van der Waals surface area contributed by atoms with E-state index in [4.69, 9.17) is 5.11 Å². The zero-order valence-electron chi connectivity index (χ0n) is 6.03. The molecule has 0 aliphatic carbocycles. The molecule has 0 amide bonds. The molecule has 0 fully saturated rings. The summed E-state index contributed by atoms with van der Waals surface area (Å²) in [4.78, 5) is 13.9. The summed E-state index contributed by atoms with van der Waals surface area (Å²) < 4.78 is 0. The Kier molecular flexibility index (Phi) is 2.60. The number of allylic oxidation sites excluding steroid dienone is 3. The zero-order chi connectivity index (χ0) is 8.10. The second-order valence-corrected chi connectivity index (χ2v) is 2.23. The smallest absolute Gasteiger partial charge is 0.303 e. The van der Waals surface area contributed by atoms with Crippen LogP contribution < -0.4 is 0 Å². The standard InChI is InChI=1S/C8H9NO2/c10-8(11)3-1-2-7-4-5-9-6-7/h2,4-6H,1,3H2,(H,10,11). The molecule has 0 aromatic heterocycles. The van der Waals surface area contributed by atoms with Gasteiger partial charge in [-0.1, -0.05) is 6.08 Å². The van der Waals surface area contributed by atoms with Gasteiger partial charge >= 0.3 is 5.97 Å². The third kappa shape index (κ3) is 2.80. The monoisotopic (exact) mass is 151 g/mol. The lowest BCUT2D eigenvalue weighted by Gasteiger charge is -1.88. The lowest BCUT2D eigenvalue weighted by Crippen LogP contribution is -1.92. The number of carboxylic acids is 1. The van der Waals surface area contributed by atoms with E-state index in [1.165, 1.54) is 0 Å². The average molecular weight is 151 g/mol. The molecule has 0 spiro atoms. The molecular formula is C8H9NO2. The molecule has 1 heterocycles. The minimum Gasteiger partial charge on any atom is -0.481 e. The van der Waals surface area contributed by atoms with E-state index in [1.54, 1.807) is 12.4 Å². The molecule has 3 nitrogen and oxygen atoms in total. The number of aliphatic carboxylic acids is 1. The van der Waals surface area contributed by atoms with Crippen molar-refractivity contribution in [1.82, 2.24) is 0 Å². The molecule has 1 rings (SSSR count). The van der Waals surface area contributed by atoms with Crippen LogP contribution in [0.2, 0.25) is 0 Å². The minimum absolute atomic E-state index is 0.186. The Labute approximate surface area is 64.8 Å². The van der Waals surface area contributed by atoms with Gasteiger partial charge in [0.25, 0.3) is 0 Å². The highest BCUT2D eigenvalue weighted by molar-refractivity contribution is 5.85. The van der Waals surface area contributed by atoms with Gasteiger partial charge in [0.05, 0.1) is 0 Å². The van der Waals surface area contributed by atoms with Gasteiger partial charge in [-0.15, -0.1) is 0 Å². The van der Waals surface area contributed by atoms with Gasteiger partial charge in [0.15, 0.2) is 0 Å². The molecule has 0 aromatic rings. The van der Waals surface area contributed by atoms with E-state index in [0.29, 0.717) is 6.42 Å². The van der Waals surface area contributed by atoms with Crippen molar-refractivity contribution in [3.05, 3.63) is 23.9 Å². The molecule has 0 saturated carbocycles. The van der Waals surface area contributed by atoms with Crippen molar-refractivity contribution in [2.75, 3.05) is 0 Å².